The molecular formula is C13H14Cl2N4O3S3. The number of benzene rings is 1. The van der Waals surface area contributed by atoms with Gasteiger partial charge in [0.2, 0.25) is 21.1 Å². The zero-order chi connectivity index (χ0) is 18.6. The van der Waals surface area contributed by atoms with Crippen LogP contribution in [-0.4, -0.2) is 43.1 Å². The number of thioether (sulfide) groups is 1. The maximum absolute atomic E-state index is 12.2. The van der Waals surface area contributed by atoms with E-state index in [9.17, 15) is 13.2 Å². The molecule has 2 aromatic rings. The molecule has 136 valence electrons. The van der Waals surface area contributed by atoms with Crippen LogP contribution in [0.15, 0.2) is 22.5 Å². The molecule has 0 saturated heterocycles. The van der Waals surface area contributed by atoms with Gasteiger partial charge in [0.1, 0.15) is 6.54 Å². The highest BCUT2D eigenvalue weighted by Crippen LogP contribution is 2.33. The van der Waals surface area contributed by atoms with Crippen LogP contribution in [0.4, 0.5) is 10.8 Å². The fourth-order valence-electron chi connectivity index (χ4n) is 1.80. The Morgan fingerprint density at radius 1 is 1.36 bits per heavy atom. The van der Waals surface area contributed by atoms with E-state index < -0.39 is 22.5 Å². The van der Waals surface area contributed by atoms with Crippen molar-refractivity contribution in [3.63, 3.8) is 0 Å². The minimum atomic E-state index is -3.76. The number of carbonyl (C=O) groups excluding carboxylic acids is 1. The van der Waals surface area contributed by atoms with Gasteiger partial charge in [0, 0.05) is 0 Å². The lowest BCUT2D eigenvalue weighted by Crippen LogP contribution is -2.37. The number of nitrogens with one attached hydrogen (secondary N) is 1. The Morgan fingerprint density at radius 3 is 2.72 bits per heavy atom. The number of nitrogens with zero attached hydrogens (tertiary/aromatic N) is 3. The zero-order valence-corrected chi connectivity index (χ0v) is 17.2. The summed E-state index contributed by atoms with van der Waals surface area (Å²) in [6.07, 6.45) is 0.985. The molecule has 0 saturated carbocycles. The van der Waals surface area contributed by atoms with E-state index in [0.717, 1.165) is 20.7 Å². The number of carbonyl (C=O) groups is 1. The van der Waals surface area contributed by atoms with Crippen LogP contribution in [-0.2, 0) is 14.8 Å². The van der Waals surface area contributed by atoms with Crippen molar-refractivity contribution in [2.45, 2.75) is 11.3 Å². The summed E-state index contributed by atoms with van der Waals surface area (Å²) in [5, 5.41) is 10.9. The predicted octanol–water partition coefficient (Wildman–Crippen LogP) is 3.36. The average molecular weight is 441 g/mol. The highest BCUT2D eigenvalue weighted by atomic mass is 35.5. The second-order valence-electron chi connectivity index (χ2n) is 4.70. The molecule has 1 aromatic heterocycles. The van der Waals surface area contributed by atoms with Crippen LogP contribution < -0.4 is 9.62 Å². The van der Waals surface area contributed by atoms with Crippen LogP contribution in [0.3, 0.4) is 0 Å². The molecule has 0 aliphatic rings. The Morgan fingerprint density at radius 2 is 2.08 bits per heavy atom. The standard InChI is InChI=1S/C13H14Cl2N4O3S3/c1-3-23-13-18-17-12(24-13)16-10(20)7-19(25(2,21)22)9-6-4-5-8(14)11(9)15/h4-6H,3,7H2,1-2H3,(H,16,17,20). The summed E-state index contributed by atoms with van der Waals surface area (Å²) < 4.78 is 25.8. The van der Waals surface area contributed by atoms with E-state index >= 15 is 0 Å². The Hall–Kier alpha value is -1.07. The fraction of sp³-hybridized carbons (Fsp3) is 0.308. The van der Waals surface area contributed by atoms with Crippen molar-refractivity contribution < 1.29 is 13.2 Å². The summed E-state index contributed by atoms with van der Waals surface area (Å²) in [6, 6.07) is 4.56. The number of hydrogen-bond acceptors (Lipinski definition) is 7. The van der Waals surface area contributed by atoms with Crippen molar-refractivity contribution in [3.8, 4) is 0 Å². The van der Waals surface area contributed by atoms with Crippen LogP contribution in [0.2, 0.25) is 10.0 Å². The maximum atomic E-state index is 12.2. The van der Waals surface area contributed by atoms with Gasteiger partial charge in [0.15, 0.2) is 4.34 Å². The molecule has 1 aromatic carbocycles. The molecule has 0 aliphatic carbocycles. The monoisotopic (exact) mass is 440 g/mol. The van der Waals surface area contributed by atoms with Gasteiger partial charge in [-0.1, -0.05) is 59.3 Å². The Kier molecular flexibility index (Phi) is 6.92. The SMILES string of the molecule is CCSc1nnc(NC(=O)CN(c2cccc(Cl)c2Cl)S(C)(=O)=O)s1. The highest BCUT2D eigenvalue weighted by Gasteiger charge is 2.24. The quantitative estimate of drug-likeness (QED) is 0.523. The molecule has 7 nitrogen and oxygen atoms in total. The molecule has 12 heteroatoms. The maximum Gasteiger partial charge on any atom is 0.246 e. The third-order valence-corrected chi connectivity index (χ3v) is 6.60. The summed E-state index contributed by atoms with van der Waals surface area (Å²) in [5.41, 5.74) is 0.131. The molecule has 0 bridgehead atoms. The number of amides is 1. The smallest absolute Gasteiger partial charge is 0.246 e. The van der Waals surface area contributed by atoms with Crippen molar-refractivity contribution in [1.82, 2.24) is 10.2 Å². The summed E-state index contributed by atoms with van der Waals surface area (Å²) in [5.74, 6) is 0.267. The van der Waals surface area contributed by atoms with E-state index in [0.29, 0.717) is 5.13 Å². The molecule has 0 spiro atoms. The minimum absolute atomic E-state index is 0.0555. The molecule has 1 heterocycles. The van der Waals surface area contributed by atoms with E-state index in [1.54, 1.807) is 6.07 Å². The van der Waals surface area contributed by atoms with E-state index in [2.05, 4.69) is 15.5 Å². The van der Waals surface area contributed by atoms with Gasteiger partial charge >= 0.3 is 0 Å². The van der Waals surface area contributed by atoms with Crippen LogP contribution >= 0.6 is 46.3 Å². The number of rotatable bonds is 7. The molecule has 0 unspecified atom stereocenters. The van der Waals surface area contributed by atoms with Gasteiger partial charge in [-0.05, 0) is 17.9 Å². The molecule has 0 radical (unpaired) electrons. The first-order valence-electron chi connectivity index (χ1n) is 6.90. The van der Waals surface area contributed by atoms with Crippen LogP contribution in [0.1, 0.15) is 6.92 Å². The van der Waals surface area contributed by atoms with Crippen molar-refractivity contribution in [3.05, 3.63) is 28.2 Å². The molecule has 0 fully saturated rings. The lowest BCUT2D eigenvalue weighted by atomic mass is 10.3. The van der Waals surface area contributed by atoms with Crippen molar-refractivity contribution in [2.24, 2.45) is 0 Å². The van der Waals surface area contributed by atoms with Crippen molar-refractivity contribution in [1.29, 1.82) is 0 Å². The number of hydrogen-bond donors (Lipinski definition) is 1. The topological polar surface area (TPSA) is 92.3 Å². The fourth-order valence-corrected chi connectivity index (χ4v) is 4.77. The molecule has 1 amide bonds. The Labute approximate surface area is 163 Å². The van der Waals surface area contributed by atoms with Gasteiger partial charge in [-0.2, -0.15) is 0 Å². The summed E-state index contributed by atoms with van der Waals surface area (Å²) in [6.45, 7) is 1.51. The van der Waals surface area contributed by atoms with Crippen LogP contribution in [0.25, 0.3) is 0 Å². The normalized spacial score (nSPS) is 11.4. The number of aromatic nitrogens is 2. The third kappa shape index (κ3) is 5.45. The Balaban J connectivity index is 2.19. The first-order valence-corrected chi connectivity index (χ1v) is 11.3. The molecule has 1 N–H and O–H groups in total. The molecular weight excluding hydrogens is 427 g/mol. The van der Waals surface area contributed by atoms with Gasteiger partial charge in [0.05, 0.1) is 22.0 Å². The first-order chi connectivity index (χ1) is 11.7. The summed E-state index contributed by atoms with van der Waals surface area (Å²) in [7, 11) is -3.76. The van der Waals surface area contributed by atoms with E-state index in [1.807, 2.05) is 6.92 Å². The number of anilines is 2. The first kappa shape index (κ1) is 20.2. The van der Waals surface area contributed by atoms with Gasteiger partial charge in [-0.3, -0.25) is 14.4 Å². The van der Waals surface area contributed by atoms with Crippen molar-refractivity contribution >= 4 is 73.0 Å². The van der Waals surface area contributed by atoms with Crippen molar-refractivity contribution in [2.75, 3.05) is 28.2 Å². The highest BCUT2D eigenvalue weighted by molar-refractivity contribution is 8.01. The minimum Gasteiger partial charge on any atom is -0.299 e. The van der Waals surface area contributed by atoms with Crippen LogP contribution in [0.5, 0.6) is 0 Å². The van der Waals surface area contributed by atoms with Gasteiger partial charge in [-0.15, -0.1) is 10.2 Å². The van der Waals surface area contributed by atoms with Gasteiger partial charge < -0.3 is 0 Å². The number of sulfonamides is 1. The van der Waals surface area contributed by atoms with Crippen LogP contribution in [0, 0.1) is 0 Å². The molecule has 0 atom stereocenters. The number of halogens is 2. The largest absolute Gasteiger partial charge is 0.299 e. The van der Waals surface area contributed by atoms with E-state index in [1.165, 1.54) is 35.2 Å². The molecule has 25 heavy (non-hydrogen) atoms. The lowest BCUT2D eigenvalue weighted by molar-refractivity contribution is -0.114. The summed E-state index contributed by atoms with van der Waals surface area (Å²) in [4.78, 5) is 12.2. The average Bonchev–Trinajstić information content (AvgIpc) is 2.94. The van der Waals surface area contributed by atoms with Gasteiger partial charge in [0.25, 0.3) is 0 Å². The molecule has 2 rings (SSSR count). The Bertz CT molecular complexity index is 873. The van der Waals surface area contributed by atoms with Gasteiger partial charge in [-0.25, -0.2) is 8.42 Å². The lowest BCUT2D eigenvalue weighted by Gasteiger charge is -2.22. The second kappa shape index (κ2) is 8.54. The third-order valence-electron chi connectivity index (χ3n) is 2.81. The predicted molar refractivity (Wildman–Crippen MR) is 104 cm³/mol. The summed E-state index contributed by atoms with van der Waals surface area (Å²) >= 11 is 14.7. The van der Waals surface area contributed by atoms with E-state index in [-0.39, 0.29) is 15.7 Å². The second-order valence-corrected chi connectivity index (χ2v) is 9.88. The molecule has 0 aliphatic heterocycles. The van der Waals surface area contributed by atoms with E-state index in [4.69, 9.17) is 23.2 Å². The zero-order valence-electron chi connectivity index (χ0n) is 13.2.